The predicted octanol–water partition coefficient (Wildman–Crippen LogP) is 2.85. The average Bonchev–Trinajstić information content (AvgIpc) is 2.65. The average molecular weight is 242 g/mol. The SMILES string of the molecule is Cc1nn(Cc2ccccc2)c(C)c1C(C)C=O. The molecule has 1 aromatic carbocycles. The molecule has 94 valence electrons. The van der Waals surface area contributed by atoms with E-state index in [2.05, 4.69) is 17.2 Å². The van der Waals surface area contributed by atoms with E-state index in [4.69, 9.17) is 0 Å². The van der Waals surface area contributed by atoms with Crippen LogP contribution in [0.3, 0.4) is 0 Å². The van der Waals surface area contributed by atoms with Crippen molar-refractivity contribution in [3.8, 4) is 0 Å². The van der Waals surface area contributed by atoms with Crippen LogP contribution in [0.4, 0.5) is 0 Å². The summed E-state index contributed by atoms with van der Waals surface area (Å²) >= 11 is 0. The van der Waals surface area contributed by atoms with E-state index in [-0.39, 0.29) is 5.92 Å². The number of hydrogen-bond donors (Lipinski definition) is 0. The van der Waals surface area contributed by atoms with Crippen LogP contribution in [0.25, 0.3) is 0 Å². The standard InChI is InChI=1S/C15H18N2O/c1-11(10-18)15-12(2)16-17(13(15)3)9-14-7-5-4-6-8-14/h4-8,10-11H,9H2,1-3H3. The Balaban J connectivity index is 2.33. The number of nitrogens with zero attached hydrogens (tertiary/aromatic N) is 2. The van der Waals surface area contributed by atoms with Crippen LogP contribution >= 0.6 is 0 Å². The van der Waals surface area contributed by atoms with Crippen molar-refractivity contribution in [2.75, 3.05) is 0 Å². The number of hydrogen-bond acceptors (Lipinski definition) is 2. The lowest BCUT2D eigenvalue weighted by Gasteiger charge is -2.07. The summed E-state index contributed by atoms with van der Waals surface area (Å²) in [5.41, 5.74) is 4.30. The fourth-order valence-electron chi connectivity index (χ4n) is 2.35. The zero-order valence-electron chi connectivity index (χ0n) is 11.1. The fraction of sp³-hybridized carbons (Fsp3) is 0.333. The molecule has 0 saturated carbocycles. The van der Waals surface area contributed by atoms with Crippen molar-refractivity contribution in [3.05, 3.63) is 52.8 Å². The van der Waals surface area contributed by atoms with Crippen LogP contribution in [0.2, 0.25) is 0 Å². The van der Waals surface area contributed by atoms with E-state index >= 15 is 0 Å². The molecule has 3 heteroatoms. The van der Waals surface area contributed by atoms with Crippen LogP contribution in [0.1, 0.15) is 35.4 Å². The molecule has 0 fully saturated rings. The van der Waals surface area contributed by atoms with E-state index in [1.807, 2.05) is 43.7 Å². The molecule has 0 aliphatic rings. The van der Waals surface area contributed by atoms with Crippen molar-refractivity contribution in [2.24, 2.45) is 0 Å². The molecule has 2 rings (SSSR count). The number of aromatic nitrogens is 2. The lowest BCUT2D eigenvalue weighted by atomic mass is 10.0. The molecule has 0 amide bonds. The molecule has 1 unspecified atom stereocenters. The maximum absolute atomic E-state index is 10.9. The first kappa shape index (κ1) is 12.6. The van der Waals surface area contributed by atoms with E-state index in [0.29, 0.717) is 0 Å². The zero-order valence-corrected chi connectivity index (χ0v) is 11.1. The Morgan fingerprint density at radius 3 is 2.56 bits per heavy atom. The van der Waals surface area contributed by atoms with Gasteiger partial charge in [-0.15, -0.1) is 0 Å². The number of aryl methyl sites for hydroxylation is 1. The van der Waals surface area contributed by atoms with Crippen molar-refractivity contribution in [3.63, 3.8) is 0 Å². The first-order valence-electron chi connectivity index (χ1n) is 6.16. The highest BCUT2D eigenvalue weighted by Gasteiger charge is 2.16. The number of rotatable bonds is 4. The van der Waals surface area contributed by atoms with Gasteiger partial charge in [0.05, 0.1) is 12.2 Å². The Hall–Kier alpha value is -1.90. The Morgan fingerprint density at radius 1 is 1.28 bits per heavy atom. The molecule has 0 spiro atoms. The van der Waals surface area contributed by atoms with Crippen molar-refractivity contribution in [2.45, 2.75) is 33.2 Å². The molecular formula is C15H18N2O. The Morgan fingerprint density at radius 2 is 1.94 bits per heavy atom. The van der Waals surface area contributed by atoms with Crippen LogP contribution in [0, 0.1) is 13.8 Å². The van der Waals surface area contributed by atoms with Crippen LogP contribution in [0.15, 0.2) is 30.3 Å². The molecule has 0 radical (unpaired) electrons. The van der Waals surface area contributed by atoms with Gasteiger partial charge in [0.1, 0.15) is 6.29 Å². The molecule has 0 saturated heterocycles. The molecule has 0 bridgehead atoms. The van der Waals surface area contributed by atoms with Gasteiger partial charge in [-0.3, -0.25) is 4.68 Å². The Bertz CT molecular complexity index is 543. The molecule has 0 aliphatic heterocycles. The minimum atomic E-state index is -0.0884. The number of aldehydes is 1. The topological polar surface area (TPSA) is 34.9 Å². The highest BCUT2D eigenvalue weighted by Crippen LogP contribution is 2.22. The third-order valence-electron chi connectivity index (χ3n) is 3.27. The van der Waals surface area contributed by atoms with Gasteiger partial charge < -0.3 is 4.79 Å². The number of benzene rings is 1. The third kappa shape index (κ3) is 2.35. The van der Waals surface area contributed by atoms with E-state index in [0.717, 1.165) is 29.8 Å². The number of carbonyl (C=O) groups is 1. The van der Waals surface area contributed by atoms with Crippen molar-refractivity contribution in [1.29, 1.82) is 0 Å². The largest absolute Gasteiger partial charge is 0.303 e. The van der Waals surface area contributed by atoms with Crippen LogP contribution < -0.4 is 0 Å². The van der Waals surface area contributed by atoms with Crippen LogP contribution in [0.5, 0.6) is 0 Å². The molecule has 18 heavy (non-hydrogen) atoms. The van der Waals surface area contributed by atoms with Crippen molar-refractivity contribution < 1.29 is 4.79 Å². The minimum Gasteiger partial charge on any atom is -0.303 e. The van der Waals surface area contributed by atoms with Gasteiger partial charge in [0.25, 0.3) is 0 Å². The van der Waals surface area contributed by atoms with Gasteiger partial charge in [-0.25, -0.2) is 0 Å². The van der Waals surface area contributed by atoms with Gasteiger partial charge in [0.2, 0.25) is 0 Å². The Kier molecular flexibility index (Phi) is 3.60. The van der Waals surface area contributed by atoms with Gasteiger partial charge in [0.15, 0.2) is 0 Å². The van der Waals surface area contributed by atoms with E-state index in [1.54, 1.807) is 0 Å². The molecule has 2 aromatic rings. The maximum Gasteiger partial charge on any atom is 0.127 e. The third-order valence-corrected chi connectivity index (χ3v) is 3.27. The lowest BCUT2D eigenvalue weighted by Crippen LogP contribution is -2.05. The van der Waals surface area contributed by atoms with Gasteiger partial charge >= 0.3 is 0 Å². The van der Waals surface area contributed by atoms with Crippen molar-refractivity contribution in [1.82, 2.24) is 9.78 Å². The molecular weight excluding hydrogens is 224 g/mol. The second-order valence-electron chi connectivity index (χ2n) is 4.65. The van der Waals surface area contributed by atoms with Gasteiger partial charge in [-0.2, -0.15) is 5.10 Å². The van der Waals surface area contributed by atoms with E-state index < -0.39 is 0 Å². The van der Waals surface area contributed by atoms with E-state index in [1.165, 1.54) is 5.56 Å². The molecule has 0 N–H and O–H groups in total. The minimum absolute atomic E-state index is 0.0884. The summed E-state index contributed by atoms with van der Waals surface area (Å²) in [5, 5.41) is 4.53. The zero-order chi connectivity index (χ0) is 13.1. The van der Waals surface area contributed by atoms with Gasteiger partial charge in [-0.1, -0.05) is 37.3 Å². The summed E-state index contributed by atoms with van der Waals surface area (Å²) in [6.45, 7) is 6.65. The maximum atomic E-state index is 10.9. The predicted molar refractivity (Wildman–Crippen MR) is 71.7 cm³/mol. The highest BCUT2D eigenvalue weighted by molar-refractivity contribution is 5.62. The first-order chi connectivity index (χ1) is 8.63. The van der Waals surface area contributed by atoms with Crippen molar-refractivity contribution >= 4 is 6.29 Å². The lowest BCUT2D eigenvalue weighted by molar-refractivity contribution is -0.108. The Labute approximate surface area is 107 Å². The molecule has 0 aliphatic carbocycles. The molecule has 1 heterocycles. The molecule has 1 aromatic heterocycles. The first-order valence-corrected chi connectivity index (χ1v) is 6.16. The second kappa shape index (κ2) is 5.17. The summed E-state index contributed by atoms with van der Waals surface area (Å²) in [6, 6.07) is 10.2. The monoisotopic (exact) mass is 242 g/mol. The summed E-state index contributed by atoms with van der Waals surface area (Å²) < 4.78 is 1.97. The molecule has 1 atom stereocenters. The molecule has 3 nitrogen and oxygen atoms in total. The quantitative estimate of drug-likeness (QED) is 0.773. The fourth-order valence-corrected chi connectivity index (χ4v) is 2.35. The normalized spacial score (nSPS) is 12.4. The number of carbonyl (C=O) groups excluding carboxylic acids is 1. The summed E-state index contributed by atoms with van der Waals surface area (Å²) in [5.74, 6) is -0.0884. The highest BCUT2D eigenvalue weighted by atomic mass is 16.1. The summed E-state index contributed by atoms with van der Waals surface area (Å²) in [6.07, 6.45) is 0.976. The summed E-state index contributed by atoms with van der Waals surface area (Å²) in [4.78, 5) is 10.9. The second-order valence-corrected chi connectivity index (χ2v) is 4.65. The van der Waals surface area contributed by atoms with Crippen LogP contribution in [-0.2, 0) is 11.3 Å². The van der Waals surface area contributed by atoms with E-state index in [9.17, 15) is 4.79 Å². The smallest absolute Gasteiger partial charge is 0.127 e. The van der Waals surface area contributed by atoms with Gasteiger partial charge in [0, 0.05) is 17.2 Å². The van der Waals surface area contributed by atoms with Gasteiger partial charge in [-0.05, 0) is 19.4 Å². The van der Waals surface area contributed by atoms with Crippen LogP contribution in [-0.4, -0.2) is 16.1 Å². The summed E-state index contributed by atoms with van der Waals surface area (Å²) in [7, 11) is 0.